The third kappa shape index (κ3) is 5.93. The van der Waals surface area contributed by atoms with E-state index in [1.165, 1.54) is 12.3 Å². The molecule has 0 bridgehead atoms. The summed E-state index contributed by atoms with van der Waals surface area (Å²) in [5, 5.41) is 3.52. The van der Waals surface area contributed by atoms with Crippen molar-refractivity contribution in [2.45, 2.75) is 35.6 Å². The Morgan fingerprint density at radius 1 is 1.10 bits per heavy atom. The highest BCUT2D eigenvalue weighted by Crippen LogP contribution is 2.59. The Labute approximate surface area is 236 Å². The monoisotopic (exact) mass is 557 g/mol. The fraction of sp³-hybridized carbons (Fsp3) is 0.267. The number of pyridine rings is 1. The molecule has 3 heterocycles. The van der Waals surface area contributed by atoms with Crippen LogP contribution in [-0.4, -0.2) is 46.8 Å². The first-order valence-corrected chi connectivity index (χ1v) is 14.0. The number of ether oxygens (including phenoxy) is 2. The zero-order chi connectivity index (χ0) is 27.5. The highest BCUT2D eigenvalue weighted by molar-refractivity contribution is 8.00. The van der Waals surface area contributed by atoms with Gasteiger partial charge in [0.25, 0.3) is 0 Å². The van der Waals surface area contributed by atoms with Crippen LogP contribution >= 0.6 is 11.8 Å². The van der Waals surface area contributed by atoms with E-state index in [4.69, 9.17) is 19.4 Å². The second kappa shape index (κ2) is 11.2. The second-order valence-electron chi connectivity index (χ2n) is 9.87. The molecule has 0 radical (unpaired) electrons. The van der Waals surface area contributed by atoms with Gasteiger partial charge in [-0.3, -0.25) is 5.32 Å². The summed E-state index contributed by atoms with van der Waals surface area (Å²) in [4.78, 5) is 28.8. The average Bonchev–Trinajstić information content (AvgIpc) is 3.76. The normalized spacial score (nSPS) is 17.8. The molecule has 1 saturated heterocycles. The number of aromatic nitrogens is 3. The number of carbonyl (C=O) groups excluding carboxylic acids is 1. The zero-order valence-electron chi connectivity index (χ0n) is 21.9. The van der Waals surface area contributed by atoms with Crippen LogP contribution in [0.15, 0.2) is 84.0 Å². The van der Waals surface area contributed by atoms with Crippen LogP contribution in [0.2, 0.25) is 0 Å². The van der Waals surface area contributed by atoms with E-state index in [0.29, 0.717) is 30.5 Å². The van der Waals surface area contributed by atoms with Gasteiger partial charge in [-0.05, 0) is 68.3 Å². The maximum absolute atomic E-state index is 13.5. The lowest BCUT2D eigenvalue weighted by Gasteiger charge is -2.34. The molecule has 2 aliphatic rings. The quantitative estimate of drug-likeness (QED) is 0.283. The lowest BCUT2D eigenvalue weighted by Crippen LogP contribution is -2.44. The number of benzene rings is 2. The van der Waals surface area contributed by atoms with Crippen LogP contribution < -0.4 is 15.0 Å². The summed E-state index contributed by atoms with van der Waals surface area (Å²) in [5.41, 5.74) is 2.35. The summed E-state index contributed by atoms with van der Waals surface area (Å²) in [6.45, 7) is 4.13. The van der Waals surface area contributed by atoms with Crippen molar-refractivity contribution in [1.29, 1.82) is 0 Å². The van der Waals surface area contributed by atoms with Crippen LogP contribution in [0.25, 0.3) is 11.4 Å². The van der Waals surface area contributed by atoms with Gasteiger partial charge in [0.15, 0.2) is 5.82 Å². The lowest BCUT2D eigenvalue weighted by atomic mass is 10.1. The van der Waals surface area contributed by atoms with E-state index >= 15 is 0 Å². The molecule has 0 spiro atoms. The van der Waals surface area contributed by atoms with Gasteiger partial charge in [-0.2, -0.15) is 0 Å². The molecule has 1 saturated carbocycles. The van der Waals surface area contributed by atoms with E-state index in [9.17, 15) is 9.18 Å². The van der Waals surface area contributed by atoms with Gasteiger partial charge in [-0.25, -0.2) is 24.1 Å². The standard InChI is InChI=1S/C30H28FN5O3S/c1-20-19-38-16-15-36(20)26-17-25(30(13-14-30)40-27-12-9-22(31)18-32-27)34-28(35-26)21-7-10-23(11-8-21)33-29(37)39-24-5-3-2-4-6-24/h2-12,17-18,20H,13-16,19H2,1H3,(H,33,37)/t20-/m0/s1. The first-order valence-electron chi connectivity index (χ1n) is 13.2. The Hall–Kier alpha value is -4.02. The maximum Gasteiger partial charge on any atom is 0.417 e. The number of thioether (sulfide) groups is 1. The minimum Gasteiger partial charge on any atom is -0.410 e. The molecule has 204 valence electrons. The van der Waals surface area contributed by atoms with Gasteiger partial charge in [0, 0.05) is 23.9 Å². The first kappa shape index (κ1) is 26.2. The van der Waals surface area contributed by atoms with E-state index in [2.05, 4.69) is 28.2 Å². The summed E-state index contributed by atoms with van der Waals surface area (Å²) in [7, 11) is 0. The highest BCUT2D eigenvalue weighted by Gasteiger charge is 2.48. The first-order chi connectivity index (χ1) is 19.5. The number of nitrogens with zero attached hydrogens (tertiary/aromatic N) is 4. The van der Waals surface area contributed by atoms with Crippen molar-refractivity contribution in [3.8, 4) is 17.1 Å². The second-order valence-corrected chi connectivity index (χ2v) is 11.3. The topological polar surface area (TPSA) is 89.5 Å². The smallest absolute Gasteiger partial charge is 0.410 e. The Kier molecular flexibility index (Phi) is 7.36. The van der Waals surface area contributed by atoms with Crippen molar-refractivity contribution in [2.75, 3.05) is 30.0 Å². The highest BCUT2D eigenvalue weighted by atomic mass is 32.2. The van der Waals surface area contributed by atoms with Crippen molar-refractivity contribution < 1.29 is 18.7 Å². The molecule has 1 atom stereocenters. The fourth-order valence-electron chi connectivity index (χ4n) is 4.60. The van der Waals surface area contributed by atoms with Crippen LogP contribution in [0.4, 0.5) is 20.7 Å². The van der Waals surface area contributed by atoms with E-state index in [1.807, 2.05) is 18.2 Å². The molecular weight excluding hydrogens is 529 g/mol. The Bertz CT molecular complexity index is 1480. The molecule has 1 N–H and O–H groups in total. The molecule has 2 aromatic carbocycles. The number of rotatable bonds is 7. The van der Waals surface area contributed by atoms with Gasteiger partial charge >= 0.3 is 6.09 Å². The average molecular weight is 558 g/mol. The van der Waals surface area contributed by atoms with Crippen LogP contribution in [0.3, 0.4) is 0 Å². The third-order valence-corrected chi connectivity index (χ3v) is 8.35. The number of morpholine rings is 1. The molecule has 0 unspecified atom stereocenters. The molecule has 1 aliphatic carbocycles. The molecule has 1 amide bonds. The number of hydrogen-bond acceptors (Lipinski definition) is 8. The maximum atomic E-state index is 13.5. The van der Waals surface area contributed by atoms with E-state index in [0.717, 1.165) is 41.5 Å². The van der Waals surface area contributed by atoms with Crippen molar-refractivity contribution in [3.05, 3.63) is 90.5 Å². The van der Waals surface area contributed by atoms with Crippen molar-refractivity contribution in [2.24, 2.45) is 0 Å². The zero-order valence-corrected chi connectivity index (χ0v) is 22.7. The minimum absolute atomic E-state index is 0.174. The number of nitrogens with one attached hydrogen (secondary N) is 1. The van der Waals surface area contributed by atoms with Gasteiger partial charge < -0.3 is 14.4 Å². The van der Waals surface area contributed by atoms with Crippen molar-refractivity contribution in [1.82, 2.24) is 15.0 Å². The summed E-state index contributed by atoms with van der Waals surface area (Å²) in [5.74, 6) is 1.56. The largest absolute Gasteiger partial charge is 0.417 e. The van der Waals surface area contributed by atoms with Gasteiger partial charge in [0.2, 0.25) is 0 Å². The number of carbonyl (C=O) groups is 1. The molecule has 8 nitrogen and oxygen atoms in total. The number of para-hydroxylation sites is 1. The molecule has 2 fully saturated rings. The van der Waals surface area contributed by atoms with Gasteiger partial charge in [-0.1, -0.05) is 30.0 Å². The molecular formula is C30H28FN5O3S. The number of halogens is 1. The van der Waals surface area contributed by atoms with E-state index in [-0.39, 0.29) is 16.6 Å². The summed E-state index contributed by atoms with van der Waals surface area (Å²) in [6.07, 6.45) is 2.56. The SMILES string of the molecule is C[C@H]1COCCN1c1cc(C2(Sc3ccc(F)cn3)CC2)nc(-c2ccc(NC(=O)Oc3ccccc3)cc2)n1. The summed E-state index contributed by atoms with van der Waals surface area (Å²) >= 11 is 1.62. The third-order valence-electron chi connectivity index (χ3n) is 6.89. The molecule has 40 heavy (non-hydrogen) atoms. The minimum atomic E-state index is -0.567. The van der Waals surface area contributed by atoms with Crippen LogP contribution in [0, 0.1) is 5.82 Å². The van der Waals surface area contributed by atoms with Gasteiger partial charge in [-0.15, -0.1) is 0 Å². The number of anilines is 2. The Morgan fingerprint density at radius 2 is 1.90 bits per heavy atom. The molecule has 1 aliphatic heterocycles. The number of hydrogen-bond donors (Lipinski definition) is 1. The number of amides is 1. The summed E-state index contributed by atoms with van der Waals surface area (Å²) < 4.78 is 24.2. The predicted molar refractivity (Wildman–Crippen MR) is 152 cm³/mol. The molecule has 10 heteroatoms. The van der Waals surface area contributed by atoms with Crippen molar-refractivity contribution >= 4 is 29.4 Å². The van der Waals surface area contributed by atoms with Crippen LogP contribution in [-0.2, 0) is 9.48 Å². The lowest BCUT2D eigenvalue weighted by molar-refractivity contribution is 0.0985. The molecule has 6 rings (SSSR count). The van der Waals surface area contributed by atoms with E-state index < -0.39 is 6.09 Å². The van der Waals surface area contributed by atoms with Crippen LogP contribution in [0.5, 0.6) is 5.75 Å². The molecule has 4 aromatic rings. The van der Waals surface area contributed by atoms with Crippen molar-refractivity contribution in [3.63, 3.8) is 0 Å². The van der Waals surface area contributed by atoms with Gasteiger partial charge in [0.1, 0.15) is 17.4 Å². The summed E-state index contributed by atoms with van der Waals surface area (Å²) in [6, 6.07) is 21.7. The fourth-order valence-corrected chi connectivity index (χ4v) is 5.76. The Morgan fingerprint density at radius 3 is 2.60 bits per heavy atom. The van der Waals surface area contributed by atoms with Gasteiger partial charge in [0.05, 0.1) is 40.9 Å². The van der Waals surface area contributed by atoms with E-state index in [1.54, 1.807) is 54.2 Å². The van der Waals surface area contributed by atoms with Crippen LogP contribution in [0.1, 0.15) is 25.5 Å². The Balaban J connectivity index is 1.27. The molecule has 2 aromatic heterocycles. The predicted octanol–water partition coefficient (Wildman–Crippen LogP) is 6.30.